The topological polar surface area (TPSA) is 98.2 Å². The number of anilines is 1. The van der Waals surface area contributed by atoms with E-state index in [9.17, 15) is 9.59 Å². The molecule has 0 aliphatic rings. The highest BCUT2D eigenvalue weighted by atomic mass is 16.5. The molecule has 0 unspecified atom stereocenters. The molecule has 0 aliphatic heterocycles. The van der Waals surface area contributed by atoms with E-state index in [1.807, 2.05) is 6.92 Å². The van der Waals surface area contributed by atoms with E-state index >= 15 is 0 Å². The molecule has 0 bridgehead atoms. The van der Waals surface area contributed by atoms with Gasteiger partial charge in [0.05, 0.1) is 26.5 Å². The maximum absolute atomic E-state index is 12.0. The molecule has 0 aliphatic carbocycles. The smallest absolute Gasteiger partial charge is 0.329 e. The molecule has 0 radical (unpaired) electrons. The highest BCUT2D eigenvalue weighted by molar-refractivity contribution is 6.39. The van der Waals surface area contributed by atoms with E-state index in [1.54, 1.807) is 42.5 Å². The third kappa shape index (κ3) is 7.12. The van der Waals surface area contributed by atoms with Crippen LogP contribution < -0.4 is 25.0 Å². The van der Waals surface area contributed by atoms with Gasteiger partial charge in [-0.25, -0.2) is 5.43 Å². The van der Waals surface area contributed by atoms with Gasteiger partial charge in [-0.3, -0.25) is 9.59 Å². The molecule has 0 spiro atoms. The summed E-state index contributed by atoms with van der Waals surface area (Å²) in [5.74, 6) is 0.166. The van der Waals surface area contributed by atoms with Gasteiger partial charge in [0, 0.05) is 5.69 Å². The first-order valence-electron chi connectivity index (χ1n) is 9.75. The Morgan fingerprint density at radius 3 is 2.43 bits per heavy atom. The van der Waals surface area contributed by atoms with Crippen molar-refractivity contribution in [3.8, 4) is 17.2 Å². The summed E-state index contributed by atoms with van der Waals surface area (Å²) in [6.45, 7) is 5.13. The lowest BCUT2D eigenvalue weighted by Gasteiger charge is -2.09. The van der Waals surface area contributed by atoms with E-state index in [-0.39, 0.29) is 0 Å². The van der Waals surface area contributed by atoms with Crippen molar-refractivity contribution in [1.82, 2.24) is 5.43 Å². The molecule has 2 rings (SSSR count). The van der Waals surface area contributed by atoms with Crippen molar-refractivity contribution in [3.63, 3.8) is 0 Å². The molecule has 2 aromatic rings. The highest BCUT2D eigenvalue weighted by Crippen LogP contribution is 2.27. The van der Waals surface area contributed by atoms with Crippen LogP contribution in [0.2, 0.25) is 0 Å². The van der Waals surface area contributed by atoms with Gasteiger partial charge in [-0.1, -0.05) is 13.3 Å². The lowest BCUT2D eigenvalue weighted by atomic mass is 10.2. The van der Waals surface area contributed by atoms with Gasteiger partial charge in [0.2, 0.25) is 0 Å². The Bertz CT molecular complexity index is 866. The van der Waals surface area contributed by atoms with Gasteiger partial charge >= 0.3 is 11.8 Å². The standard InChI is InChI=1S/C22H27N3O5/c1-4-6-13-30-18-10-8-17(9-11-18)24-21(26)22(27)25-23-15-16-7-12-19(29-5-2)20(14-16)28-3/h7-12,14-15H,4-6,13H2,1-3H3,(H,24,26)(H,25,27)/b23-15-. The van der Waals surface area contributed by atoms with E-state index < -0.39 is 11.8 Å². The molecular weight excluding hydrogens is 386 g/mol. The maximum atomic E-state index is 12.0. The number of methoxy groups -OCH3 is 1. The van der Waals surface area contributed by atoms with E-state index in [0.717, 1.165) is 12.8 Å². The molecule has 0 fully saturated rings. The number of amides is 2. The summed E-state index contributed by atoms with van der Waals surface area (Å²) in [5, 5.41) is 6.32. The van der Waals surface area contributed by atoms with Gasteiger partial charge < -0.3 is 19.5 Å². The summed E-state index contributed by atoms with van der Waals surface area (Å²) < 4.78 is 16.3. The van der Waals surface area contributed by atoms with Crippen molar-refractivity contribution in [1.29, 1.82) is 0 Å². The number of nitrogens with zero attached hydrogens (tertiary/aromatic N) is 1. The van der Waals surface area contributed by atoms with Crippen LogP contribution in [0.1, 0.15) is 32.3 Å². The van der Waals surface area contributed by atoms with E-state index in [1.165, 1.54) is 13.3 Å². The number of hydrazone groups is 1. The molecule has 0 atom stereocenters. The molecule has 0 saturated heterocycles. The summed E-state index contributed by atoms with van der Waals surface area (Å²) in [4.78, 5) is 23.9. The number of carbonyl (C=O) groups excluding carboxylic acids is 2. The molecule has 0 aromatic heterocycles. The molecule has 8 nitrogen and oxygen atoms in total. The van der Waals surface area contributed by atoms with Crippen LogP contribution in [0, 0.1) is 0 Å². The first-order valence-corrected chi connectivity index (χ1v) is 9.75. The van der Waals surface area contributed by atoms with Gasteiger partial charge in [0.25, 0.3) is 0 Å². The molecule has 0 saturated carbocycles. The molecule has 30 heavy (non-hydrogen) atoms. The molecule has 8 heteroatoms. The Labute approximate surface area is 176 Å². The average Bonchev–Trinajstić information content (AvgIpc) is 2.76. The normalized spacial score (nSPS) is 10.5. The zero-order valence-corrected chi connectivity index (χ0v) is 17.4. The zero-order valence-electron chi connectivity index (χ0n) is 17.4. The SMILES string of the molecule is CCCCOc1ccc(NC(=O)C(=O)N/N=C\c2ccc(OCC)c(OC)c2)cc1. The van der Waals surface area contributed by atoms with Gasteiger partial charge in [-0.05, 0) is 61.4 Å². The van der Waals surface area contributed by atoms with Gasteiger partial charge in [0.1, 0.15) is 5.75 Å². The van der Waals surface area contributed by atoms with Crippen molar-refractivity contribution in [3.05, 3.63) is 48.0 Å². The van der Waals surface area contributed by atoms with E-state index in [0.29, 0.717) is 41.7 Å². The number of rotatable bonds is 10. The number of carbonyl (C=O) groups is 2. The lowest BCUT2D eigenvalue weighted by Crippen LogP contribution is -2.32. The quantitative estimate of drug-likeness (QED) is 0.269. The molecule has 0 heterocycles. The summed E-state index contributed by atoms with van der Waals surface area (Å²) in [5.41, 5.74) is 3.36. The van der Waals surface area contributed by atoms with Crippen molar-refractivity contribution >= 4 is 23.7 Å². The van der Waals surface area contributed by atoms with Crippen LogP contribution in [0.5, 0.6) is 17.2 Å². The predicted octanol–water partition coefficient (Wildman–Crippen LogP) is 3.36. The number of nitrogens with one attached hydrogen (secondary N) is 2. The van der Waals surface area contributed by atoms with Crippen LogP contribution in [-0.4, -0.2) is 38.4 Å². The number of unbranched alkanes of at least 4 members (excludes halogenated alkanes) is 1. The maximum Gasteiger partial charge on any atom is 0.329 e. The van der Waals surface area contributed by atoms with Crippen LogP contribution in [0.15, 0.2) is 47.6 Å². The summed E-state index contributed by atoms with van der Waals surface area (Å²) in [7, 11) is 1.54. The monoisotopic (exact) mass is 413 g/mol. The average molecular weight is 413 g/mol. The second kappa shape index (κ2) is 12.1. The Hall–Kier alpha value is -3.55. The minimum Gasteiger partial charge on any atom is -0.494 e. The van der Waals surface area contributed by atoms with Crippen LogP contribution in [0.3, 0.4) is 0 Å². The van der Waals surface area contributed by atoms with E-state index in [2.05, 4.69) is 22.8 Å². The summed E-state index contributed by atoms with van der Waals surface area (Å²) in [6, 6.07) is 12.0. The fourth-order valence-corrected chi connectivity index (χ4v) is 2.41. The van der Waals surface area contributed by atoms with Crippen LogP contribution in [-0.2, 0) is 9.59 Å². The molecule has 2 amide bonds. The first kappa shape index (κ1) is 22.7. The lowest BCUT2D eigenvalue weighted by molar-refractivity contribution is -0.136. The second-order valence-corrected chi connectivity index (χ2v) is 6.22. The molecule has 160 valence electrons. The number of ether oxygens (including phenoxy) is 3. The third-order valence-electron chi connectivity index (χ3n) is 3.95. The number of hydrogen-bond donors (Lipinski definition) is 2. The summed E-state index contributed by atoms with van der Waals surface area (Å²) >= 11 is 0. The van der Waals surface area contributed by atoms with Gasteiger partial charge in [0.15, 0.2) is 11.5 Å². The Morgan fingerprint density at radius 2 is 1.77 bits per heavy atom. The summed E-state index contributed by atoms with van der Waals surface area (Å²) in [6.07, 6.45) is 3.44. The van der Waals surface area contributed by atoms with Crippen molar-refractivity contribution in [2.24, 2.45) is 5.10 Å². The van der Waals surface area contributed by atoms with Crippen molar-refractivity contribution < 1.29 is 23.8 Å². The first-order chi connectivity index (χ1) is 14.6. The Kier molecular flexibility index (Phi) is 9.18. The fraction of sp³-hybridized carbons (Fsp3) is 0.318. The Morgan fingerprint density at radius 1 is 1.00 bits per heavy atom. The second-order valence-electron chi connectivity index (χ2n) is 6.22. The minimum atomic E-state index is -0.882. The van der Waals surface area contributed by atoms with Crippen LogP contribution >= 0.6 is 0 Å². The zero-order chi connectivity index (χ0) is 21.8. The van der Waals surface area contributed by atoms with Gasteiger partial charge in [-0.2, -0.15) is 5.10 Å². The molecule has 2 aromatic carbocycles. The highest BCUT2D eigenvalue weighted by Gasteiger charge is 2.13. The molecular formula is C22H27N3O5. The van der Waals surface area contributed by atoms with Crippen LogP contribution in [0.4, 0.5) is 5.69 Å². The molecule has 2 N–H and O–H groups in total. The minimum absolute atomic E-state index is 0.484. The predicted molar refractivity (Wildman–Crippen MR) is 115 cm³/mol. The Balaban J connectivity index is 1.86. The number of hydrogen-bond acceptors (Lipinski definition) is 6. The fourth-order valence-electron chi connectivity index (χ4n) is 2.41. The van der Waals surface area contributed by atoms with E-state index in [4.69, 9.17) is 14.2 Å². The number of benzene rings is 2. The van der Waals surface area contributed by atoms with Crippen molar-refractivity contribution in [2.75, 3.05) is 25.6 Å². The largest absolute Gasteiger partial charge is 0.494 e. The van der Waals surface area contributed by atoms with Crippen LogP contribution in [0.25, 0.3) is 0 Å². The van der Waals surface area contributed by atoms with Gasteiger partial charge in [-0.15, -0.1) is 0 Å². The third-order valence-corrected chi connectivity index (χ3v) is 3.95. The van der Waals surface area contributed by atoms with Crippen molar-refractivity contribution in [2.45, 2.75) is 26.7 Å².